The molecule has 0 saturated heterocycles. The van der Waals surface area contributed by atoms with Crippen molar-refractivity contribution >= 4 is 23.0 Å². The van der Waals surface area contributed by atoms with Gasteiger partial charge in [-0.15, -0.1) is 0 Å². The molecule has 2 aromatic carbocycles. The number of Topliss-reactive ketones (excluding diaryl/α,β-unsaturated/α-hetero) is 1. The predicted octanol–water partition coefficient (Wildman–Crippen LogP) is 3.32. The maximum absolute atomic E-state index is 12.6. The molecule has 1 heterocycles. The van der Waals surface area contributed by atoms with E-state index in [1.807, 2.05) is 42.5 Å². The van der Waals surface area contributed by atoms with Gasteiger partial charge in [-0.3, -0.25) is 9.59 Å². The number of nitrogens with zero attached hydrogens (tertiary/aromatic N) is 1. The van der Waals surface area contributed by atoms with Crippen molar-refractivity contribution in [2.24, 2.45) is 0 Å². The van der Waals surface area contributed by atoms with Gasteiger partial charge in [0.25, 0.3) is 5.91 Å². The lowest BCUT2D eigenvalue weighted by Gasteiger charge is -2.08. The molecule has 3 nitrogen and oxygen atoms in total. The van der Waals surface area contributed by atoms with Gasteiger partial charge < -0.3 is 4.90 Å². The Bertz CT molecular complexity index is 760. The largest absolute Gasteiger partial charge is 0.311 e. The summed E-state index contributed by atoms with van der Waals surface area (Å²) in [6, 6.07) is 16.6. The third-order valence-electron chi connectivity index (χ3n) is 3.80. The minimum Gasteiger partial charge on any atom is -0.311 e. The Kier molecular flexibility index (Phi) is 3.18. The number of hydrogen-bond donors (Lipinski definition) is 0. The molecule has 3 heteroatoms. The average Bonchev–Trinajstić information content (AvgIpc) is 2.79. The van der Waals surface area contributed by atoms with Crippen LogP contribution in [-0.4, -0.2) is 18.7 Å². The van der Waals surface area contributed by atoms with Crippen LogP contribution in [0.25, 0.3) is 5.57 Å². The molecule has 0 radical (unpaired) electrons. The summed E-state index contributed by atoms with van der Waals surface area (Å²) in [5.41, 5.74) is 3.26. The Hall–Kier alpha value is -2.68. The van der Waals surface area contributed by atoms with Gasteiger partial charge in [-0.25, -0.2) is 0 Å². The van der Waals surface area contributed by atoms with Crippen LogP contribution in [0.2, 0.25) is 0 Å². The Labute approximate surface area is 123 Å². The van der Waals surface area contributed by atoms with Gasteiger partial charge in [0.05, 0.1) is 11.3 Å². The average molecular weight is 277 g/mol. The summed E-state index contributed by atoms with van der Waals surface area (Å²) >= 11 is 0. The summed E-state index contributed by atoms with van der Waals surface area (Å²) in [6.45, 7) is 1.72. The molecule has 21 heavy (non-hydrogen) atoms. The van der Waals surface area contributed by atoms with E-state index in [-0.39, 0.29) is 11.7 Å². The molecule has 0 bridgehead atoms. The number of allylic oxidation sites excluding steroid dienone is 1. The maximum atomic E-state index is 12.6. The molecule has 0 atom stereocenters. The van der Waals surface area contributed by atoms with Gasteiger partial charge in [-0.1, -0.05) is 48.5 Å². The fraction of sp³-hybridized carbons (Fsp3) is 0.111. The minimum absolute atomic E-state index is 0.107. The van der Waals surface area contributed by atoms with Gasteiger partial charge in [-0.2, -0.15) is 0 Å². The van der Waals surface area contributed by atoms with Gasteiger partial charge >= 0.3 is 0 Å². The zero-order valence-electron chi connectivity index (χ0n) is 12.0. The summed E-state index contributed by atoms with van der Waals surface area (Å²) < 4.78 is 0. The topological polar surface area (TPSA) is 37.4 Å². The molecule has 0 N–H and O–H groups in total. The van der Waals surface area contributed by atoms with Crippen LogP contribution >= 0.6 is 0 Å². The number of carbonyl (C=O) groups excluding carboxylic acids is 2. The lowest BCUT2D eigenvalue weighted by atomic mass is 9.96. The number of ketones is 1. The van der Waals surface area contributed by atoms with Crippen molar-refractivity contribution in [3.05, 3.63) is 71.3 Å². The Morgan fingerprint density at radius 2 is 1.57 bits per heavy atom. The van der Waals surface area contributed by atoms with Crippen LogP contribution < -0.4 is 4.90 Å². The molecule has 1 aliphatic heterocycles. The Balaban J connectivity index is 2.14. The Morgan fingerprint density at radius 3 is 2.29 bits per heavy atom. The number of amides is 1. The third-order valence-corrected chi connectivity index (χ3v) is 3.80. The van der Waals surface area contributed by atoms with Gasteiger partial charge in [0, 0.05) is 23.7 Å². The van der Waals surface area contributed by atoms with Crippen LogP contribution in [0.1, 0.15) is 22.8 Å². The molecule has 0 unspecified atom stereocenters. The highest BCUT2D eigenvalue weighted by atomic mass is 16.2. The van der Waals surface area contributed by atoms with E-state index in [2.05, 4.69) is 0 Å². The summed E-state index contributed by atoms with van der Waals surface area (Å²) in [6.07, 6.45) is 0. The zero-order valence-corrected chi connectivity index (χ0v) is 12.0. The molecular weight excluding hydrogens is 262 g/mol. The summed E-state index contributed by atoms with van der Waals surface area (Å²) in [4.78, 5) is 26.6. The van der Waals surface area contributed by atoms with Crippen molar-refractivity contribution in [1.82, 2.24) is 0 Å². The predicted molar refractivity (Wildman–Crippen MR) is 83.2 cm³/mol. The van der Waals surface area contributed by atoms with Crippen LogP contribution in [0.5, 0.6) is 0 Å². The van der Waals surface area contributed by atoms with Crippen LogP contribution in [-0.2, 0) is 4.79 Å². The van der Waals surface area contributed by atoms with Crippen molar-refractivity contribution in [3.63, 3.8) is 0 Å². The first-order valence-corrected chi connectivity index (χ1v) is 6.79. The molecule has 0 saturated carbocycles. The van der Waals surface area contributed by atoms with E-state index >= 15 is 0 Å². The Morgan fingerprint density at radius 1 is 0.952 bits per heavy atom. The molecule has 3 rings (SSSR count). The van der Waals surface area contributed by atoms with Crippen molar-refractivity contribution in [2.45, 2.75) is 6.92 Å². The van der Waals surface area contributed by atoms with Crippen molar-refractivity contribution in [3.8, 4) is 0 Å². The number of fused-ring (bicyclic) bond motifs is 1. The van der Waals surface area contributed by atoms with Gasteiger partial charge in [0.2, 0.25) is 0 Å². The second-order valence-electron chi connectivity index (χ2n) is 5.08. The fourth-order valence-electron chi connectivity index (χ4n) is 2.65. The van der Waals surface area contributed by atoms with Gasteiger partial charge in [0.15, 0.2) is 5.78 Å². The molecule has 0 aliphatic carbocycles. The second kappa shape index (κ2) is 5.02. The molecule has 1 aliphatic rings. The number of anilines is 1. The molecule has 1 amide bonds. The monoisotopic (exact) mass is 277 g/mol. The smallest absolute Gasteiger partial charge is 0.259 e. The fourth-order valence-corrected chi connectivity index (χ4v) is 2.65. The van der Waals surface area contributed by atoms with E-state index < -0.39 is 0 Å². The number of likely N-dealkylation sites (N-methyl/N-ethyl adjacent to an activating group) is 1. The normalized spacial score (nSPS) is 15.9. The standard InChI is InChI=1S/C18H15NO2/c1-12(17(20)13-8-4-3-5-9-13)16-14-10-6-7-11-15(14)19(2)18(16)21/h3-11H,1-2H3. The third kappa shape index (κ3) is 2.07. The van der Waals surface area contributed by atoms with E-state index in [4.69, 9.17) is 0 Å². The first-order valence-electron chi connectivity index (χ1n) is 6.79. The minimum atomic E-state index is -0.127. The first kappa shape index (κ1) is 13.3. The molecule has 0 spiro atoms. The van der Waals surface area contributed by atoms with Crippen LogP contribution in [0.3, 0.4) is 0 Å². The summed E-state index contributed by atoms with van der Waals surface area (Å²) in [7, 11) is 1.73. The van der Waals surface area contributed by atoms with Crippen molar-refractivity contribution in [1.29, 1.82) is 0 Å². The van der Waals surface area contributed by atoms with E-state index in [0.717, 1.165) is 11.3 Å². The van der Waals surface area contributed by atoms with Crippen LogP contribution in [0.15, 0.2) is 60.2 Å². The van der Waals surface area contributed by atoms with Gasteiger partial charge in [-0.05, 0) is 13.0 Å². The SMILES string of the molecule is CC(C(=O)c1ccccc1)=C1C(=O)N(C)c2ccccc21. The maximum Gasteiger partial charge on any atom is 0.259 e. The summed E-state index contributed by atoms with van der Waals surface area (Å²) in [5, 5.41) is 0. The van der Waals surface area contributed by atoms with E-state index in [1.54, 1.807) is 31.0 Å². The molecule has 104 valence electrons. The highest BCUT2D eigenvalue weighted by Crippen LogP contribution is 2.37. The summed E-state index contributed by atoms with van der Waals surface area (Å²) in [5.74, 6) is -0.234. The zero-order chi connectivity index (χ0) is 15.0. The molecule has 0 fully saturated rings. The number of hydrogen-bond acceptors (Lipinski definition) is 2. The van der Waals surface area contributed by atoms with Crippen molar-refractivity contribution < 1.29 is 9.59 Å². The van der Waals surface area contributed by atoms with Gasteiger partial charge in [0.1, 0.15) is 0 Å². The van der Waals surface area contributed by atoms with E-state index in [9.17, 15) is 9.59 Å². The second-order valence-corrected chi connectivity index (χ2v) is 5.08. The number of rotatable bonds is 2. The number of benzene rings is 2. The first-order chi connectivity index (χ1) is 10.1. The lowest BCUT2D eigenvalue weighted by Crippen LogP contribution is -2.21. The number of para-hydroxylation sites is 1. The molecule has 2 aromatic rings. The highest BCUT2D eigenvalue weighted by molar-refractivity contribution is 6.37. The van der Waals surface area contributed by atoms with Crippen LogP contribution in [0, 0.1) is 0 Å². The van der Waals surface area contributed by atoms with Crippen molar-refractivity contribution in [2.75, 3.05) is 11.9 Å². The highest BCUT2D eigenvalue weighted by Gasteiger charge is 2.32. The quantitative estimate of drug-likeness (QED) is 0.624. The van der Waals surface area contributed by atoms with Crippen LogP contribution in [0.4, 0.5) is 5.69 Å². The molecular formula is C18H15NO2. The molecule has 0 aromatic heterocycles. The number of carbonyl (C=O) groups is 2. The lowest BCUT2D eigenvalue weighted by molar-refractivity contribution is -0.112. The van der Waals surface area contributed by atoms with E-state index in [0.29, 0.717) is 16.7 Å². The van der Waals surface area contributed by atoms with E-state index in [1.165, 1.54) is 0 Å².